The van der Waals surface area contributed by atoms with Crippen molar-refractivity contribution in [1.29, 1.82) is 5.41 Å². The van der Waals surface area contributed by atoms with Gasteiger partial charge in [-0.05, 0) is 37.5 Å². The smallest absolute Gasteiger partial charge is 0.231 e. The molecule has 1 aliphatic carbocycles. The van der Waals surface area contributed by atoms with Gasteiger partial charge in [0.15, 0.2) is 5.96 Å². The summed E-state index contributed by atoms with van der Waals surface area (Å²) in [6.07, 6.45) is 4.58. The molecule has 3 rings (SSSR count). The molecule has 0 bridgehead atoms. The lowest BCUT2D eigenvalue weighted by molar-refractivity contribution is -0.129. The zero-order chi connectivity index (χ0) is 13.6. The third kappa shape index (κ3) is 2.09. The number of hydrogen-bond donors (Lipinski definition) is 2. The normalized spacial score (nSPS) is 27.4. The van der Waals surface area contributed by atoms with E-state index in [1.807, 2.05) is 19.2 Å². The number of carbonyl (C=O) groups is 1. The van der Waals surface area contributed by atoms with E-state index in [0.717, 1.165) is 11.3 Å². The van der Waals surface area contributed by atoms with Gasteiger partial charge in [0.2, 0.25) is 5.91 Å². The molecule has 19 heavy (non-hydrogen) atoms. The highest BCUT2D eigenvalue weighted by atomic mass is 16.2. The van der Waals surface area contributed by atoms with Crippen LogP contribution in [0.4, 0.5) is 0 Å². The van der Waals surface area contributed by atoms with Crippen LogP contribution in [-0.4, -0.2) is 28.8 Å². The number of nitrogens with one attached hydrogen (secondary N) is 2. The number of rotatable bonds is 2. The SMILES string of the molecule is CN1C(=N)N[C@](C)(c2ccnc(C3CC3)c2)CC1=O. The first-order valence-corrected chi connectivity index (χ1v) is 6.59. The second-order valence-electron chi connectivity index (χ2n) is 5.68. The predicted molar refractivity (Wildman–Crippen MR) is 71.8 cm³/mol. The van der Waals surface area contributed by atoms with Gasteiger partial charge in [0.1, 0.15) is 0 Å². The molecule has 2 fully saturated rings. The van der Waals surface area contributed by atoms with Gasteiger partial charge in [-0.25, -0.2) is 0 Å². The maximum Gasteiger partial charge on any atom is 0.231 e. The molecule has 1 saturated heterocycles. The first kappa shape index (κ1) is 12.1. The predicted octanol–water partition coefficient (Wildman–Crippen LogP) is 1.56. The third-order valence-electron chi connectivity index (χ3n) is 4.02. The number of pyridine rings is 1. The molecule has 1 saturated carbocycles. The Morgan fingerprint density at radius 1 is 1.53 bits per heavy atom. The summed E-state index contributed by atoms with van der Waals surface area (Å²) in [6, 6.07) is 4.02. The number of aromatic nitrogens is 1. The standard InChI is InChI=1S/C14H18N4O/c1-14(8-12(19)18(2)13(15)17-14)10-5-6-16-11(7-10)9-3-4-9/h5-7,9H,3-4,8H2,1-2H3,(H2,15,17)/t14-/m0/s1. The fourth-order valence-electron chi connectivity index (χ4n) is 2.50. The molecule has 0 radical (unpaired) electrons. The summed E-state index contributed by atoms with van der Waals surface area (Å²) < 4.78 is 0. The Kier molecular flexibility index (Phi) is 2.59. The summed E-state index contributed by atoms with van der Waals surface area (Å²) in [7, 11) is 1.62. The van der Waals surface area contributed by atoms with E-state index >= 15 is 0 Å². The van der Waals surface area contributed by atoms with Gasteiger partial charge in [0.05, 0.1) is 12.0 Å². The van der Waals surface area contributed by atoms with Crippen LogP contribution in [0.25, 0.3) is 0 Å². The summed E-state index contributed by atoms with van der Waals surface area (Å²) in [5.74, 6) is 0.713. The topological polar surface area (TPSA) is 69.1 Å². The highest BCUT2D eigenvalue weighted by Crippen LogP contribution is 2.40. The molecule has 1 atom stereocenters. The number of amides is 1. The average Bonchev–Trinajstić information content (AvgIpc) is 3.20. The zero-order valence-electron chi connectivity index (χ0n) is 11.2. The molecule has 0 spiro atoms. The molecule has 5 heteroatoms. The summed E-state index contributed by atoms with van der Waals surface area (Å²) in [6.45, 7) is 1.97. The summed E-state index contributed by atoms with van der Waals surface area (Å²) >= 11 is 0. The van der Waals surface area contributed by atoms with Gasteiger partial charge in [-0.15, -0.1) is 0 Å². The van der Waals surface area contributed by atoms with Crippen LogP contribution in [0.15, 0.2) is 18.3 Å². The molecular weight excluding hydrogens is 240 g/mol. The first-order chi connectivity index (χ1) is 8.99. The Balaban J connectivity index is 1.93. The second-order valence-corrected chi connectivity index (χ2v) is 5.68. The van der Waals surface area contributed by atoms with E-state index < -0.39 is 5.54 Å². The van der Waals surface area contributed by atoms with Crippen LogP contribution in [0.2, 0.25) is 0 Å². The molecule has 2 aliphatic rings. The maximum absolute atomic E-state index is 12.0. The monoisotopic (exact) mass is 258 g/mol. The molecule has 1 aromatic rings. The molecule has 100 valence electrons. The van der Waals surface area contributed by atoms with Gasteiger partial charge in [-0.2, -0.15) is 0 Å². The molecule has 0 aromatic carbocycles. The fourth-order valence-corrected chi connectivity index (χ4v) is 2.50. The Hall–Kier alpha value is -1.91. The Labute approximate surface area is 112 Å². The van der Waals surface area contributed by atoms with E-state index in [1.54, 1.807) is 7.05 Å². The van der Waals surface area contributed by atoms with Gasteiger partial charge < -0.3 is 5.32 Å². The van der Waals surface area contributed by atoms with Crippen LogP contribution in [0, 0.1) is 5.41 Å². The van der Waals surface area contributed by atoms with Crippen molar-refractivity contribution < 1.29 is 4.79 Å². The minimum absolute atomic E-state index is 0.0314. The van der Waals surface area contributed by atoms with Crippen molar-refractivity contribution in [3.63, 3.8) is 0 Å². The largest absolute Gasteiger partial charge is 0.346 e. The van der Waals surface area contributed by atoms with E-state index in [1.165, 1.54) is 17.7 Å². The molecular formula is C14H18N4O. The molecule has 1 amide bonds. The molecule has 1 aromatic heterocycles. The van der Waals surface area contributed by atoms with Crippen LogP contribution in [-0.2, 0) is 10.3 Å². The number of guanidine groups is 1. The van der Waals surface area contributed by atoms with Gasteiger partial charge in [-0.3, -0.25) is 20.1 Å². The van der Waals surface area contributed by atoms with E-state index in [2.05, 4.69) is 16.4 Å². The van der Waals surface area contributed by atoms with Crippen LogP contribution >= 0.6 is 0 Å². The third-order valence-corrected chi connectivity index (χ3v) is 4.02. The lowest BCUT2D eigenvalue weighted by Gasteiger charge is -2.39. The van der Waals surface area contributed by atoms with Gasteiger partial charge in [0.25, 0.3) is 0 Å². The van der Waals surface area contributed by atoms with Crippen molar-refractivity contribution in [2.75, 3.05) is 7.05 Å². The number of hydrogen-bond acceptors (Lipinski definition) is 3. The lowest BCUT2D eigenvalue weighted by Crippen LogP contribution is -2.58. The minimum Gasteiger partial charge on any atom is -0.346 e. The molecule has 5 nitrogen and oxygen atoms in total. The van der Waals surface area contributed by atoms with Crippen LogP contribution < -0.4 is 5.32 Å². The summed E-state index contributed by atoms with van der Waals surface area (Å²) in [5, 5.41) is 11.0. The summed E-state index contributed by atoms with van der Waals surface area (Å²) in [5.41, 5.74) is 1.64. The average molecular weight is 258 g/mol. The maximum atomic E-state index is 12.0. The van der Waals surface area contributed by atoms with Crippen molar-refractivity contribution in [2.45, 2.75) is 37.6 Å². The molecule has 0 unspecified atom stereocenters. The first-order valence-electron chi connectivity index (χ1n) is 6.59. The van der Waals surface area contributed by atoms with Gasteiger partial charge in [-0.1, -0.05) is 0 Å². The Bertz CT molecular complexity index is 532. The van der Waals surface area contributed by atoms with E-state index in [-0.39, 0.29) is 11.9 Å². The molecule has 1 aliphatic heterocycles. The molecule has 2 N–H and O–H groups in total. The van der Waals surface area contributed by atoms with Crippen LogP contribution in [0.3, 0.4) is 0 Å². The van der Waals surface area contributed by atoms with Crippen molar-refractivity contribution in [1.82, 2.24) is 15.2 Å². The lowest BCUT2D eigenvalue weighted by atomic mass is 9.86. The van der Waals surface area contributed by atoms with E-state index in [0.29, 0.717) is 12.3 Å². The van der Waals surface area contributed by atoms with Crippen molar-refractivity contribution >= 4 is 11.9 Å². The number of carbonyl (C=O) groups excluding carboxylic acids is 1. The number of nitrogens with zero attached hydrogens (tertiary/aromatic N) is 2. The highest BCUT2D eigenvalue weighted by molar-refractivity contribution is 5.98. The van der Waals surface area contributed by atoms with E-state index in [9.17, 15) is 4.79 Å². The van der Waals surface area contributed by atoms with E-state index in [4.69, 9.17) is 5.41 Å². The van der Waals surface area contributed by atoms with Gasteiger partial charge >= 0.3 is 0 Å². The van der Waals surface area contributed by atoms with Crippen molar-refractivity contribution in [3.05, 3.63) is 29.6 Å². The minimum atomic E-state index is -0.507. The second kappa shape index (κ2) is 4.05. The molecule has 2 heterocycles. The summed E-state index contributed by atoms with van der Waals surface area (Å²) in [4.78, 5) is 17.7. The van der Waals surface area contributed by atoms with Crippen molar-refractivity contribution in [3.8, 4) is 0 Å². The fraction of sp³-hybridized carbons (Fsp3) is 0.500. The Morgan fingerprint density at radius 2 is 2.26 bits per heavy atom. The van der Waals surface area contributed by atoms with Crippen LogP contribution in [0.5, 0.6) is 0 Å². The quantitative estimate of drug-likeness (QED) is 0.845. The van der Waals surface area contributed by atoms with Crippen LogP contribution in [0.1, 0.15) is 43.4 Å². The highest BCUT2D eigenvalue weighted by Gasteiger charge is 2.38. The van der Waals surface area contributed by atoms with Gasteiger partial charge in [0, 0.05) is 24.9 Å². The zero-order valence-corrected chi connectivity index (χ0v) is 11.2. The van der Waals surface area contributed by atoms with Crippen molar-refractivity contribution in [2.24, 2.45) is 0 Å². The Morgan fingerprint density at radius 3 is 2.89 bits per heavy atom.